The molecule has 11 heavy (non-hydrogen) atoms. The summed E-state index contributed by atoms with van der Waals surface area (Å²) in [6.45, 7) is 8.65. The number of hydrogen-bond acceptors (Lipinski definition) is 1. The molecular formula is C9H20ClN. The van der Waals surface area contributed by atoms with Gasteiger partial charge < -0.3 is 4.90 Å². The Morgan fingerprint density at radius 1 is 1.45 bits per heavy atom. The molecule has 1 unspecified atom stereocenters. The SMILES string of the molecule is CCCCN1CCC(C)C1.Cl. The molecule has 1 rings (SSSR count). The maximum atomic E-state index is 2.59. The van der Waals surface area contributed by atoms with Gasteiger partial charge in [-0.2, -0.15) is 0 Å². The molecular weight excluding hydrogens is 158 g/mol. The highest BCUT2D eigenvalue weighted by Gasteiger charge is 2.16. The lowest BCUT2D eigenvalue weighted by molar-refractivity contribution is 0.322. The third kappa shape index (κ3) is 3.97. The summed E-state index contributed by atoms with van der Waals surface area (Å²) in [5.74, 6) is 0.955. The second-order valence-electron chi connectivity index (χ2n) is 3.55. The van der Waals surface area contributed by atoms with Gasteiger partial charge >= 0.3 is 0 Å². The molecule has 1 aliphatic heterocycles. The normalized spacial score (nSPS) is 25.1. The Bertz CT molecular complexity index is 95.6. The number of halogens is 1. The lowest BCUT2D eigenvalue weighted by Crippen LogP contribution is -2.21. The van der Waals surface area contributed by atoms with E-state index < -0.39 is 0 Å². The Kier molecular flexibility index (Phi) is 5.98. The number of hydrogen-bond donors (Lipinski definition) is 0. The molecule has 0 saturated carbocycles. The summed E-state index contributed by atoms with van der Waals surface area (Å²) in [6.07, 6.45) is 4.14. The first kappa shape index (κ1) is 11.2. The first-order valence-electron chi connectivity index (χ1n) is 4.55. The van der Waals surface area contributed by atoms with Gasteiger partial charge in [-0.1, -0.05) is 20.3 Å². The Balaban J connectivity index is 0.000001000. The van der Waals surface area contributed by atoms with Crippen LogP contribution in [0.3, 0.4) is 0 Å². The van der Waals surface area contributed by atoms with Gasteiger partial charge in [0.25, 0.3) is 0 Å². The minimum absolute atomic E-state index is 0. The van der Waals surface area contributed by atoms with Gasteiger partial charge in [-0.25, -0.2) is 0 Å². The molecule has 0 radical (unpaired) electrons. The summed E-state index contributed by atoms with van der Waals surface area (Å²) in [6, 6.07) is 0. The van der Waals surface area contributed by atoms with Crippen LogP contribution in [-0.4, -0.2) is 24.5 Å². The van der Waals surface area contributed by atoms with Crippen molar-refractivity contribution in [1.29, 1.82) is 0 Å². The molecule has 0 N–H and O–H groups in total. The van der Waals surface area contributed by atoms with Crippen molar-refractivity contribution < 1.29 is 0 Å². The van der Waals surface area contributed by atoms with Crippen LogP contribution in [0.25, 0.3) is 0 Å². The van der Waals surface area contributed by atoms with Crippen molar-refractivity contribution in [1.82, 2.24) is 4.90 Å². The van der Waals surface area contributed by atoms with E-state index in [9.17, 15) is 0 Å². The van der Waals surface area contributed by atoms with E-state index in [0.29, 0.717) is 0 Å². The van der Waals surface area contributed by atoms with Crippen molar-refractivity contribution in [3.8, 4) is 0 Å². The minimum atomic E-state index is 0. The van der Waals surface area contributed by atoms with Gasteiger partial charge in [-0.05, 0) is 31.8 Å². The van der Waals surface area contributed by atoms with Crippen molar-refractivity contribution in [3.05, 3.63) is 0 Å². The van der Waals surface area contributed by atoms with Crippen molar-refractivity contribution in [2.75, 3.05) is 19.6 Å². The van der Waals surface area contributed by atoms with Gasteiger partial charge in [0.15, 0.2) is 0 Å². The third-order valence-corrected chi connectivity index (χ3v) is 2.34. The van der Waals surface area contributed by atoms with Gasteiger partial charge in [-0.15, -0.1) is 12.4 Å². The zero-order chi connectivity index (χ0) is 7.40. The van der Waals surface area contributed by atoms with Gasteiger partial charge in [0.2, 0.25) is 0 Å². The molecule has 2 heteroatoms. The molecule has 1 aliphatic rings. The van der Waals surface area contributed by atoms with Crippen LogP contribution in [-0.2, 0) is 0 Å². The highest BCUT2D eigenvalue weighted by Crippen LogP contribution is 2.14. The first-order chi connectivity index (χ1) is 4.83. The summed E-state index contributed by atoms with van der Waals surface area (Å²) < 4.78 is 0. The second-order valence-corrected chi connectivity index (χ2v) is 3.55. The molecule has 0 amide bonds. The average molecular weight is 178 g/mol. The van der Waals surface area contributed by atoms with Gasteiger partial charge in [-0.3, -0.25) is 0 Å². The van der Waals surface area contributed by atoms with E-state index in [1.807, 2.05) is 0 Å². The molecule has 0 bridgehead atoms. The van der Waals surface area contributed by atoms with Crippen molar-refractivity contribution in [2.24, 2.45) is 5.92 Å². The number of unbranched alkanes of at least 4 members (excludes halogenated alkanes) is 1. The zero-order valence-electron chi connectivity index (χ0n) is 7.68. The zero-order valence-corrected chi connectivity index (χ0v) is 8.49. The molecule has 0 aromatic rings. The predicted octanol–water partition coefficient (Wildman–Crippen LogP) is 2.55. The highest BCUT2D eigenvalue weighted by atomic mass is 35.5. The molecule has 0 aliphatic carbocycles. The van der Waals surface area contributed by atoms with E-state index in [1.54, 1.807) is 0 Å². The van der Waals surface area contributed by atoms with Crippen molar-refractivity contribution in [2.45, 2.75) is 33.1 Å². The Labute approximate surface area is 76.6 Å². The molecule has 1 saturated heterocycles. The van der Waals surface area contributed by atoms with Gasteiger partial charge in [0.05, 0.1) is 0 Å². The van der Waals surface area contributed by atoms with Crippen molar-refractivity contribution in [3.63, 3.8) is 0 Å². The molecule has 1 nitrogen and oxygen atoms in total. The third-order valence-electron chi connectivity index (χ3n) is 2.34. The van der Waals surface area contributed by atoms with E-state index in [4.69, 9.17) is 0 Å². The van der Waals surface area contributed by atoms with E-state index in [2.05, 4.69) is 18.7 Å². The topological polar surface area (TPSA) is 3.24 Å². The number of nitrogens with zero attached hydrogens (tertiary/aromatic N) is 1. The Hall–Kier alpha value is 0.250. The minimum Gasteiger partial charge on any atom is -0.303 e. The molecule has 1 fully saturated rings. The first-order valence-corrected chi connectivity index (χ1v) is 4.55. The van der Waals surface area contributed by atoms with Crippen molar-refractivity contribution >= 4 is 12.4 Å². The van der Waals surface area contributed by atoms with Crippen LogP contribution < -0.4 is 0 Å². The molecule has 0 aromatic carbocycles. The lowest BCUT2D eigenvalue weighted by atomic mass is 10.2. The molecule has 68 valence electrons. The fourth-order valence-electron chi connectivity index (χ4n) is 1.61. The molecule has 1 atom stereocenters. The number of likely N-dealkylation sites (tertiary alicyclic amines) is 1. The summed E-state index contributed by atoms with van der Waals surface area (Å²) in [5.41, 5.74) is 0. The van der Waals surface area contributed by atoms with Gasteiger partial charge in [0, 0.05) is 6.54 Å². The van der Waals surface area contributed by atoms with Crippen LogP contribution in [0.5, 0.6) is 0 Å². The van der Waals surface area contributed by atoms with E-state index in [1.165, 1.54) is 38.9 Å². The number of rotatable bonds is 3. The summed E-state index contributed by atoms with van der Waals surface area (Å²) in [4.78, 5) is 2.59. The maximum Gasteiger partial charge on any atom is 0.000750 e. The standard InChI is InChI=1S/C9H19N.ClH/c1-3-4-6-10-7-5-9(2)8-10;/h9H,3-8H2,1-2H3;1H. The fraction of sp³-hybridized carbons (Fsp3) is 1.00. The fourth-order valence-corrected chi connectivity index (χ4v) is 1.61. The van der Waals surface area contributed by atoms with Crippen LogP contribution in [0, 0.1) is 5.92 Å². The summed E-state index contributed by atoms with van der Waals surface area (Å²) in [7, 11) is 0. The summed E-state index contributed by atoms with van der Waals surface area (Å²) in [5, 5.41) is 0. The lowest BCUT2D eigenvalue weighted by Gasteiger charge is -2.13. The molecule has 1 heterocycles. The van der Waals surface area contributed by atoms with Crippen LogP contribution >= 0.6 is 12.4 Å². The quantitative estimate of drug-likeness (QED) is 0.641. The largest absolute Gasteiger partial charge is 0.303 e. The second kappa shape index (κ2) is 5.84. The van der Waals surface area contributed by atoms with E-state index in [-0.39, 0.29) is 12.4 Å². The van der Waals surface area contributed by atoms with Crippen LogP contribution in [0.15, 0.2) is 0 Å². The van der Waals surface area contributed by atoms with Gasteiger partial charge in [0.1, 0.15) is 0 Å². The maximum absolute atomic E-state index is 2.59. The average Bonchev–Trinajstić information content (AvgIpc) is 2.31. The summed E-state index contributed by atoms with van der Waals surface area (Å²) >= 11 is 0. The molecule has 0 aromatic heterocycles. The predicted molar refractivity (Wildman–Crippen MR) is 52.4 cm³/mol. The highest BCUT2D eigenvalue weighted by molar-refractivity contribution is 5.85. The monoisotopic (exact) mass is 177 g/mol. The Morgan fingerprint density at radius 2 is 2.18 bits per heavy atom. The Morgan fingerprint density at radius 3 is 2.64 bits per heavy atom. The molecule has 0 spiro atoms. The van der Waals surface area contributed by atoms with Crippen LogP contribution in [0.1, 0.15) is 33.1 Å². The van der Waals surface area contributed by atoms with Crippen LogP contribution in [0.4, 0.5) is 0 Å². The van der Waals surface area contributed by atoms with E-state index >= 15 is 0 Å². The smallest absolute Gasteiger partial charge is 0.000750 e. The van der Waals surface area contributed by atoms with Crippen LogP contribution in [0.2, 0.25) is 0 Å². The van der Waals surface area contributed by atoms with E-state index in [0.717, 1.165) is 5.92 Å².